The minimum atomic E-state index is -1.02. The molecular weight excluding hydrogens is 489 g/mol. The Morgan fingerprint density at radius 2 is 1.50 bits per heavy atom. The molecular formula is C25H26INO3. The van der Waals surface area contributed by atoms with Crippen molar-refractivity contribution in [2.24, 2.45) is 0 Å². The normalized spacial score (nSPS) is 16.9. The number of aliphatic hydroxyl groups is 1. The Hall–Kier alpha value is -2.09. The summed E-state index contributed by atoms with van der Waals surface area (Å²) in [7, 11) is 2.16. The number of hydrogen-bond donors (Lipinski definition) is 1. The quantitative estimate of drug-likeness (QED) is 0.251. The van der Waals surface area contributed by atoms with Crippen LogP contribution >= 0.6 is 22.6 Å². The smallest absolute Gasteiger partial charge is 0.194 e. The summed E-state index contributed by atoms with van der Waals surface area (Å²) in [6, 6.07) is 15.5. The van der Waals surface area contributed by atoms with Gasteiger partial charge in [0.05, 0.1) is 0 Å². The standard InChI is InChI=1S/C25H26INO3/c1-27-16-14-21(15-17-27)20-8-10-22(11-9-20)23(28)12-6-18-2-4-19(5-3-18)7-13-24(29)25(26)30/h2-13,21,25,30H,14-17H2,1H3/b12-6+,13-7+. The molecule has 0 radical (unpaired) electrons. The molecule has 0 amide bonds. The number of benzene rings is 2. The molecule has 1 heterocycles. The van der Waals surface area contributed by atoms with E-state index in [0.29, 0.717) is 11.5 Å². The Balaban J connectivity index is 1.58. The highest BCUT2D eigenvalue weighted by molar-refractivity contribution is 14.1. The Kier molecular flexibility index (Phi) is 8.13. The van der Waals surface area contributed by atoms with E-state index in [0.717, 1.165) is 24.2 Å². The number of nitrogens with zero attached hydrogens (tertiary/aromatic N) is 1. The number of ketones is 2. The van der Waals surface area contributed by atoms with Crippen molar-refractivity contribution in [1.82, 2.24) is 4.90 Å². The largest absolute Gasteiger partial charge is 0.375 e. The van der Waals surface area contributed by atoms with Crippen LogP contribution in [0.4, 0.5) is 0 Å². The van der Waals surface area contributed by atoms with Crippen molar-refractivity contribution >= 4 is 46.3 Å². The molecule has 30 heavy (non-hydrogen) atoms. The molecule has 0 saturated carbocycles. The highest BCUT2D eigenvalue weighted by Crippen LogP contribution is 2.27. The van der Waals surface area contributed by atoms with Gasteiger partial charge < -0.3 is 10.0 Å². The fourth-order valence-corrected chi connectivity index (χ4v) is 3.71. The molecule has 0 spiro atoms. The third kappa shape index (κ3) is 6.45. The van der Waals surface area contributed by atoms with Crippen LogP contribution in [-0.2, 0) is 4.79 Å². The Morgan fingerprint density at radius 3 is 2.03 bits per heavy atom. The highest BCUT2D eigenvalue weighted by Gasteiger charge is 2.18. The van der Waals surface area contributed by atoms with Crippen LogP contribution < -0.4 is 0 Å². The molecule has 2 aromatic rings. The number of allylic oxidation sites excluding steroid dienone is 1. The van der Waals surface area contributed by atoms with Crippen LogP contribution in [0.25, 0.3) is 12.2 Å². The topological polar surface area (TPSA) is 57.6 Å². The maximum absolute atomic E-state index is 12.5. The summed E-state index contributed by atoms with van der Waals surface area (Å²) >= 11 is 1.66. The number of carbonyl (C=O) groups is 2. The van der Waals surface area contributed by atoms with Gasteiger partial charge in [-0.05, 0) is 90.3 Å². The number of rotatable bonds is 7. The molecule has 156 valence electrons. The molecule has 1 aliphatic heterocycles. The number of likely N-dealkylation sites (tertiary alicyclic amines) is 1. The van der Waals surface area contributed by atoms with Crippen LogP contribution in [0.5, 0.6) is 0 Å². The molecule has 2 aromatic carbocycles. The van der Waals surface area contributed by atoms with Gasteiger partial charge in [-0.2, -0.15) is 0 Å². The van der Waals surface area contributed by atoms with Gasteiger partial charge in [-0.3, -0.25) is 9.59 Å². The van der Waals surface area contributed by atoms with E-state index < -0.39 is 4.11 Å². The van der Waals surface area contributed by atoms with Gasteiger partial charge in [-0.1, -0.05) is 60.7 Å². The first kappa shape index (κ1) is 22.6. The van der Waals surface area contributed by atoms with E-state index in [1.54, 1.807) is 40.8 Å². The first-order valence-corrected chi connectivity index (χ1v) is 11.3. The molecule has 1 atom stereocenters. The predicted octanol–water partition coefficient (Wildman–Crippen LogP) is 4.73. The molecule has 5 heteroatoms. The van der Waals surface area contributed by atoms with Crippen LogP contribution in [0, 0.1) is 0 Å². The lowest BCUT2D eigenvalue weighted by Gasteiger charge is -2.29. The third-order valence-electron chi connectivity index (χ3n) is 5.42. The summed E-state index contributed by atoms with van der Waals surface area (Å²) in [4.78, 5) is 26.3. The summed E-state index contributed by atoms with van der Waals surface area (Å²) in [6.45, 7) is 2.25. The number of alkyl halides is 1. The first-order valence-electron chi connectivity index (χ1n) is 10.1. The second-order valence-corrected chi connectivity index (χ2v) is 8.82. The monoisotopic (exact) mass is 515 g/mol. The van der Waals surface area contributed by atoms with Crippen molar-refractivity contribution in [3.05, 3.63) is 82.9 Å². The summed E-state index contributed by atoms with van der Waals surface area (Å²) in [5.41, 5.74) is 3.77. The van der Waals surface area contributed by atoms with E-state index in [-0.39, 0.29) is 11.6 Å². The third-order valence-corrected chi connectivity index (χ3v) is 6.04. The van der Waals surface area contributed by atoms with Gasteiger partial charge in [0.25, 0.3) is 0 Å². The Morgan fingerprint density at radius 1 is 0.967 bits per heavy atom. The van der Waals surface area contributed by atoms with Crippen molar-refractivity contribution in [2.75, 3.05) is 20.1 Å². The Bertz CT molecular complexity index is 922. The van der Waals surface area contributed by atoms with Crippen molar-refractivity contribution in [3.8, 4) is 0 Å². The van der Waals surface area contributed by atoms with Gasteiger partial charge in [0, 0.05) is 5.56 Å². The fraction of sp³-hybridized carbons (Fsp3) is 0.280. The number of piperidine rings is 1. The lowest BCUT2D eigenvalue weighted by molar-refractivity contribution is -0.117. The maximum atomic E-state index is 12.5. The molecule has 4 nitrogen and oxygen atoms in total. The molecule has 1 fully saturated rings. The SMILES string of the molecule is CN1CCC(c2ccc(C(=O)/C=C/c3ccc(/C=C/C(=O)C(O)I)cc3)cc2)CC1. The molecule has 0 aliphatic carbocycles. The van der Waals surface area contributed by atoms with Crippen molar-refractivity contribution in [2.45, 2.75) is 22.9 Å². The van der Waals surface area contributed by atoms with E-state index in [2.05, 4.69) is 24.1 Å². The van der Waals surface area contributed by atoms with Gasteiger partial charge in [-0.15, -0.1) is 0 Å². The average Bonchev–Trinajstić information content (AvgIpc) is 2.77. The van der Waals surface area contributed by atoms with Crippen LogP contribution in [0.2, 0.25) is 0 Å². The van der Waals surface area contributed by atoms with E-state index >= 15 is 0 Å². The van der Waals surface area contributed by atoms with E-state index in [4.69, 9.17) is 0 Å². The van der Waals surface area contributed by atoms with E-state index in [1.165, 1.54) is 24.5 Å². The zero-order valence-electron chi connectivity index (χ0n) is 17.0. The summed E-state index contributed by atoms with van der Waals surface area (Å²) in [6.07, 6.45) is 8.74. The molecule has 3 rings (SSSR count). The number of aliphatic hydroxyl groups excluding tert-OH is 1. The first-order chi connectivity index (χ1) is 14.4. The van der Waals surface area contributed by atoms with Gasteiger partial charge >= 0.3 is 0 Å². The van der Waals surface area contributed by atoms with Gasteiger partial charge in [0.1, 0.15) is 0 Å². The van der Waals surface area contributed by atoms with Gasteiger partial charge in [0.2, 0.25) is 0 Å². The molecule has 1 aliphatic rings. The lowest BCUT2D eigenvalue weighted by atomic mass is 9.89. The number of halogens is 1. The van der Waals surface area contributed by atoms with Crippen LogP contribution in [-0.4, -0.2) is 45.8 Å². The minimum Gasteiger partial charge on any atom is -0.375 e. The zero-order chi connectivity index (χ0) is 21.5. The van der Waals surface area contributed by atoms with Crippen LogP contribution in [0.3, 0.4) is 0 Å². The number of hydrogen-bond acceptors (Lipinski definition) is 4. The molecule has 1 unspecified atom stereocenters. The van der Waals surface area contributed by atoms with E-state index in [9.17, 15) is 14.7 Å². The summed E-state index contributed by atoms with van der Waals surface area (Å²) in [5.74, 6) is 0.228. The maximum Gasteiger partial charge on any atom is 0.194 e. The van der Waals surface area contributed by atoms with Gasteiger partial charge in [0.15, 0.2) is 15.7 Å². The summed E-state index contributed by atoms with van der Waals surface area (Å²) < 4.78 is -1.02. The molecule has 1 N–H and O–H groups in total. The zero-order valence-corrected chi connectivity index (χ0v) is 19.2. The molecule has 0 aromatic heterocycles. The van der Waals surface area contributed by atoms with Crippen LogP contribution in [0.15, 0.2) is 60.7 Å². The average molecular weight is 515 g/mol. The number of carbonyl (C=O) groups excluding carboxylic acids is 2. The highest BCUT2D eigenvalue weighted by atomic mass is 127. The fourth-order valence-electron chi connectivity index (χ4n) is 3.51. The van der Waals surface area contributed by atoms with Crippen molar-refractivity contribution < 1.29 is 14.7 Å². The predicted molar refractivity (Wildman–Crippen MR) is 130 cm³/mol. The van der Waals surface area contributed by atoms with Crippen molar-refractivity contribution in [1.29, 1.82) is 0 Å². The second kappa shape index (κ2) is 10.8. The molecule has 1 saturated heterocycles. The second-order valence-electron chi connectivity index (χ2n) is 7.64. The van der Waals surface area contributed by atoms with Gasteiger partial charge in [-0.25, -0.2) is 0 Å². The van der Waals surface area contributed by atoms with Crippen LogP contribution in [0.1, 0.15) is 45.8 Å². The minimum absolute atomic E-state index is 0.0180. The molecule has 0 bridgehead atoms. The summed E-state index contributed by atoms with van der Waals surface area (Å²) in [5, 5.41) is 9.19. The lowest BCUT2D eigenvalue weighted by Crippen LogP contribution is -2.29. The Labute approximate surface area is 191 Å². The van der Waals surface area contributed by atoms with E-state index in [1.807, 2.05) is 36.4 Å². The van der Waals surface area contributed by atoms with Crippen molar-refractivity contribution in [3.63, 3.8) is 0 Å².